The zero-order valence-electron chi connectivity index (χ0n) is 7.73. The number of likely N-dealkylation sites (tertiary alicyclic amines) is 1. The Morgan fingerprint density at radius 1 is 1.54 bits per heavy atom. The molecule has 1 aromatic heterocycles. The Morgan fingerprint density at radius 3 is 2.77 bits per heavy atom. The highest BCUT2D eigenvalue weighted by Gasteiger charge is 2.33. The van der Waals surface area contributed by atoms with E-state index < -0.39 is 5.60 Å². The molecule has 1 fully saturated rings. The van der Waals surface area contributed by atoms with Gasteiger partial charge in [-0.25, -0.2) is 0 Å². The predicted molar refractivity (Wildman–Crippen MR) is 52.7 cm³/mol. The first-order chi connectivity index (χ1) is 6.21. The molecule has 0 radical (unpaired) electrons. The van der Waals surface area contributed by atoms with Gasteiger partial charge in [-0.1, -0.05) is 0 Å². The van der Waals surface area contributed by atoms with E-state index >= 15 is 0 Å². The van der Waals surface area contributed by atoms with E-state index in [2.05, 4.69) is 16.9 Å². The number of piperidine rings is 1. The lowest BCUT2D eigenvalue weighted by Gasteiger charge is -2.35. The van der Waals surface area contributed by atoms with Gasteiger partial charge in [0.2, 0.25) is 0 Å². The van der Waals surface area contributed by atoms with Crippen molar-refractivity contribution in [3.8, 4) is 0 Å². The fraction of sp³-hybridized carbons (Fsp3) is 0.667. The normalized spacial score (nSPS) is 23.2. The van der Waals surface area contributed by atoms with Crippen LogP contribution in [0, 0.1) is 0 Å². The monoisotopic (exact) mass is 198 g/mol. The van der Waals surface area contributed by atoms with Crippen LogP contribution in [-0.2, 0) is 5.60 Å². The second-order valence-electron chi connectivity index (χ2n) is 3.70. The van der Waals surface area contributed by atoms with Gasteiger partial charge in [0.25, 0.3) is 0 Å². The van der Waals surface area contributed by atoms with Crippen LogP contribution < -0.4 is 0 Å². The van der Waals surface area contributed by atoms with E-state index in [4.69, 9.17) is 0 Å². The summed E-state index contributed by atoms with van der Waals surface area (Å²) in [5, 5.41) is 10.3. The maximum atomic E-state index is 10.3. The van der Waals surface area contributed by atoms with E-state index in [1.807, 2.05) is 0 Å². The van der Waals surface area contributed by atoms with Gasteiger partial charge < -0.3 is 10.0 Å². The molecule has 0 bridgehead atoms. The van der Waals surface area contributed by atoms with Gasteiger partial charge in [-0.3, -0.25) is 4.98 Å². The van der Waals surface area contributed by atoms with Gasteiger partial charge in [0.1, 0.15) is 5.60 Å². The zero-order valence-corrected chi connectivity index (χ0v) is 8.55. The van der Waals surface area contributed by atoms with Gasteiger partial charge in [-0.05, 0) is 19.9 Å². The molecule has 3 nitrogen and oxygen atoms in total. The fourth-order valence-corrected chi connectivity index (χ4v) is 2.46. The molecule has 1 aliphatic rings. The third-order valence-corrected chi connectivity index (χ3v) is 3.67. The number of hydrogen-bond donors (Lipinski definition) is 1. The highest BCUT2D eigenvalue weighted by molar-refractivity contribution is 7.09. The summed E-state index contributed by atoms with van der Waals surface area (Å²) in [6.45, 7) is 1.93. The van der Waals surface area contributed by atoms with Crippen LogP contribution in [0.25, 0.3) is 0 Å². The molecule has 1 aliphatic heterocycles. The summed E-state index contributed by atoms with van der Waals surface area (Å²) in [6, 6.07) is 0. The van der Waals surface area contributed by atoms with Crippen LogP contribution in [0.1, 0.15) is 17.7 Å². The molecule has 1 N–H and O–H groups in total. The van der Waals surface area contributed by atoms with Crippen molar-refractivity contribution in [2.75, 3.05) is 20.1 Å². The maximum Gasteiger partial charge on any atom is 0.103 e. The Bertz CT molecular complexity index is 265. The third kappa shape index (κ3) is 1.75. The third-order valence-electron chi connectivity index (χ3n) is 2.71. The van der Waals surface area contributed by atoms with Crippen LogP contribution >= 0.6 is 11.3 Å². The van der Waals surface area contributed by atoms with E-state index in [9.17, 15) is 5.11 Å². The number of nitrogens with zero attached hydrogens (tertiary/aromatic N) is 2. The van der Waals surface area contributed by atoms with Gasteiger partial charge in [0.15, 0.2) is 0 Å². The van der Waals surface area contributed by atoms with Crippen LogP contribution in [0.2, 0.25) is 0 Å². The maximum absolute atomic E-state index is 10.3. The van der Waals surface area contributed by atoms with Crippen molar-refractivity contribution in [3.63, 3.8) is 0 Å². The van der Waals surface area contributed by atoms with Crippen molar-refractivity contribution in [3.05, 3.63) is 16.6 Å². The molecule has 4 heteroatoms. The molecule has 1 aromatic rings. The molecule has 13 heavy (non-hydrogen) atoms. The first-order valence-electron chi connectivity index (χ1n) is 4.51. The summed E-state index contributed by atoms with van der Waals surface area (Å²) >= 11 is 1.55. The molecule has 2 rings (SSSR count). The minimum absolute atomic E-state index is 0.603. The minimum atomic E-state index is -0.603. The summed E-state index contributed by atoms with van der Waals surface area (Å²) in [4.78, 5) is 7.27. The van der Waals surface area contributed by atoms with Crippen LogP contribution in [0.15, 0.2) is 11.7 Å². The molecule has 0 atom stereocenters. The van der Waals surface area contributed by atoms with E-state index in [1.165, 1.54) is 0 Å². The number of aromatic nitrogens is 1. The zero-order chi connectivity index (χ0) is 9.31. The smallest absolute Gasteiger partial charge is 0.103 e. The Kier molecular flexibility index (Phi) is 2.36. The van der Waals surface area contributed by atoms with Crippen molar-refractivity contribution < 1.29 is 5.11 Å². The van der Waals surface area contributed by atoms with E-state index in [1.54, 1.807) is 23.0 Å². The predicted octanol–water partition coefficient (Wildman–Crippen LogP) is 1.06. The summed E-state index contributed by atoms with van der Waals surface area (Å²) in [5.41, 5.74) is 1.18. The number of aliphatic hydroxyl groups is 1. The average Bonchev–Trinajstić information content (AvgIpc) is 2.63. The van der Waals surface area contributed by atoms with Gasteiger partial charge in [0.05, 0.1) is 10.4 Å². The van der Waals surface area contributed by atoms with Crippen molar-refractivity contribution in [1.82, 2.24) is 9.88 Å². The highest BCUT2D eigenvalue weighted by atomic mass is 32.1. The molecular weight excluding hydrogens is 184 g/mol. The first-order valence-corrected chi connectivity index (χ1v) is 5.38. The molecule has 0 unspecified atom stereocenters. The van der Waals surface area contributed by atoms with E-state index in [-0.39, 0.29) is 0 Å². The fourth-order valence-electron chi connectivity index (χ4n) is 1.68. The summed E-state index contributed by atoms with van der Waals surface area (Å²) in [5.74, 6) is 0. The van der Waals surface area contributed by atoms with E-state index in [0.29, 0.717) is 0 Å². The average molecular weight is 198 g/mol. The Balaban J connectivity index is 2.13. The lowest BCUT2D eigenvalue weighted by atomic mass is 9.91. The largest absolute Gasteiger partial charge is 0.384 e. The van der Waals surface area contributed by atoms with Crippen molar-refractivity contribution >= 4 is 11.3 Å². The van der Waals surface area contributed by atoms with Gasteiger partial charge in [-0.2, -0.15) is 0 Å². The Hall–Kier alpha value is -0.450. The number of thiazole rings is 1. The van der Waals surface area contributed by atoms with Gasteiger partial charge >= 0.3 is 0 Å². The SMILES string of the molecule is CN1CCC(O)(c2cncs2)CC1. The van der Waals surface area contributed by atoms with Crippen LogP contribution in [-0.4, -0.2) is 35.1 Å². The van der Waals surface area contributed by atoms with Crippen molar-refractivity contribution in [1.29, 1.82) is 0 Å². The van der Waals surface area contributed by atoms with Crippen LogP contribution in [0.4, 0.5) is 0 Å². The molecular formula is C9H14N2OS. The highest BCUT2D eigenvalue weighted by Crippen LogP contribution is 2.34. The van der Waals surface area contributed by atoms with E-state index in [0.717, 1.165) is 30.8 Å². The second kappa shape index (κ2) is 3.36. The Morgan fingerprint density at radius 2 is 2.23 bits per heavy atom. The van der Waals surface area contributed by atoms with Crippen molar-refractivity contribution in [2.45, 2.75) is 18.4 Å². The molecule has 0 aromatic carbocycles. The first kappa shape index (κ1) is 9.12. The second-order valence-corrected chi connectivity index (χ2v) is 4.59. The lowest BCUT2D eigenvalue weighted by Crippen LogP contribution is -2.40. The molecule has 0 saturated carbocycles. The molecule has 72 valence electrons. The molecule has 2 heterocycles. The topological polar surface area (TPSA) is 36.4 Å². The Labute approximate surface area is 82.0 Å². The minimum Gasteiger partial charge on any atom is -0.384 e. The molecule has 1 saturated heterocycles. The molecule has 0 aliphatic carbocycles. The van der Waals surface area contributed by atoms with Gasteiger partial charge in [-0.15, -0.1) is 11.3 Å². The molecule has 0 spiro atoms. The number of hydrogen-bond acceptors (Lipinski definition) is 4. The summed E-state index contributed by atoms with van der Waals surface area (Å²) in [7, 11) is 2.09. The van der Waals surface area contributed by atoms with Crippen molar-refractivity contribution in [2.24, 2.45) is 0 Å². The quantitative estimate of drug-likeness (QED) is 0.733. The van der Waals surface area contributed by atoms with Crippen LogP contribution in [0.3, 0.4) is 0 Å². The molecule has 0 amide bonds. The summed E-state index contributed by atoms with van der Waals surface area (Å²) < 4.78 is 0. The van der Waals surface area contributed by atoms with Crippen LogP contribution in [0.5, 0.6) is 0 Å². The summed E-state index contributed by atoms with van der Waals surface area (Å²) in [6.07, 6.45) is 3.44. The number of rotatable bonds is 1. The lowest BCUT2D eigenvalue weighted by molar-refractivity contribution is -0.0173. The van der Waals surface area contributed by atoms with Gasteiger partial charge in [0, 0.05) is 19.3 Å². The standard InChI is InChI=1S/C9H14N2OS/c1-11-4-2-9(12,3-5-11)8-6-10-7-13-8/h6-7,12H,2-5H2,1H3.